The molecule has 1 N–H and O–H groups in total. The van der Waals surface area contributed by atoms with Crippen molar-refractivity contribution in [2.24, 2.45) is 10.4 Å². The Labute approximate surface area is 159 Å². The Kier molecular flexibility index (Phi) is 4.94. The third-order valence-corrected chi connectivity index (χ3v) is 5.58. The largest absolute Gasteiger partial charge is 0.465 e. The van der Waals surface area contributed by atoms with E-state index in [2.05, 4.69) is 23.5 Å². The summed E-state index contributed by atoms with van der Waals surface area (Å²) in [6.07, 6.45) is 2.87. The Hall–Kier alpha value is -2.66. The first-order valence-corrected chi connectivity index (χ1v) is 9.36. The van der Waals surface area contributed by atoms with Crippen LogP contribution in [-0.4, -0.2) is 32.1 Å². The highest BCUT2D eigenvalue weighted by atomic mass is 16.5. The number of hydrogen-bond donors (Lipinski definition) is 1. The number of carbonyl (C=O) groups excluding carboxylic acids is 1. The minimum absolute atomic E-state index is 0.0210. The number of nitrogens with zero attached hydrogens (tertiary/aromatic N) is 1. The second kappa shape index (κ2) is 7.53. The summed E-state index contributed by atoms with van der Waals surface area (Å²) in [5.41, 5.74) is 3.87. The molecular formula is C22H24N2O3. The summed E-state index contributed by atoms with van der Waals surface area (Å²) in [7, 11) is 1.40. The first-order valence-electron chi connectivity index (χ1n) is 9.36. The van der Waals surface area contributed by atoms with Gasteiger partial charge in [-0.05, 0) is 42.5 Å². The number of esters is 1. The molecule has 2 heterocycles. The number of benzene rings is 2. The van der Waals surface area contributed by atoms with E-state index in [1.807, 2.05) is 24.3 Å². The SMILES string of the molecule is COC(=O)c1ccccc1CN=C1Nc2ccccc2CC12CCOCC2. The molecule has 0 bridgehead atoms. The number of carbonyl (C=O) groups is 1. The summed E-state index contributed by atoms with van der Waals surface area (Å²) in [6.45, 7) is 1.95. The van der Waals surface area contributed by atoms with Crippen LogP contribution in [0.5, 0.6) is 0 Å². The average molecular weight is 364 g/mol. The third-order valence-electron chi connectivity index (χ3n) is 5.58. The summed E-state index contributed by atoms with van der Waals surface area (Å²) in [4.78, 5) is 17.0. The van der Waals surface area contributed by atoms with Gasteiger partial charge in [-0.2, -0.15) is 0 Å². The topological polar surface area (TPSA) is 59.9 Å². The van der Waals surface area contributed by atoms with Crippen molar-refractivity contribution >= 4 is 17.5 Å². The van der Waals surface area contributed by atoms with Crippen LogP contribution < -0.4 is 5.32 Å². The Morgan fingerprint density at radius 2 is 1.89 bits per heavy atom. The van der Waals surface area contributed by atoms with Gasteiger partial charge in [-0.25, -0.2) is 4.79 Å². The van der Waals surface area contributed by atoms with Crippen molar-refractivity contribution in [3.8, 4) is 0 Å². The summed E-state index contributed by atoms with van der Waals surface area (Å²) in [6, 6.07) is 15.9. The van der Waals surface area contributed by atoms with E-state index in [4.69, 9.17) is 14.5 Å². The van der Waals surface area contributed by atoms with Gasteiger partial charge in [-0.1, -0.05) is 36.4 Å². The molecule has 1 fully saturated rings. The highest BCUT2D eigenvalue weighted by Gasteiger charge is 2.41. The standard InChI is InChI=1S/C22H24N2O3/c1-26-20(25)18-8-4-2-7-17(18)15-23-21-22(10-12-27-13-11-22)14-16-6-3-5-9-19(16)24-21/h2-9H,10-15H2,1H3,(H,23,24). The summed E-state index contributed by atoms with van der Waals surface area (Å²) in [5.74, 6) is 0.678. The molecule has 0 aliphatic carbocycles. The second-order valence-corrected chi connectivity index (χ2v) is 7.17. The number of rotatable bonds is 3. The molecule has 0 aromatic heterocycles. The van der Waals surface area contributed by atoms with Crippen LogP contribution in [0.25, 0.3) is 0 Å². The molecule has 4 rings (SSSR count). The second-order valence-electron chi connectivity index (χ2n) is 7.17. The molecule has 0 unspecified atom stereocenters. The van der Waals surface area contributed by atoms with Crippen LogP contribution in [0.4, 0.5) is 5.69 Å². The molecule has 0 atom stereocenters. The summed E-state index contributed by atoms with van der Waals surface area (Å²) >= 11 is 0. The Balaban J connectivity index is 1.68. The molecule has 2 aliphatic heterocycles. The normalized spacial score (nSPS) is 19.4. The third kappa shape index (κ3) is 3.47. The molecule has 0 amide bonds. The predicted octanol–water partition coefficient (Wildman–Crippen LogP) is 3.84. The van der Waals surface area contributed by atoms with Crippen molar-refractivity contribution in [2.75, 3.05) is 25.6 Å². The van der Waals surface area contributed by atoms with Gasteiger partial charge in [-0.3, -0.25) is 4.99 Å². The molecule has 2 aliphatic rings. The quantitative estimate of drug-likeness (QED) is 0.841. The number of ether oxygens (including phenoxy) is 2. The van der Waals surface area contributed by atoms with E-state index in [0.29, 0.717) is 12.1 Å². The van der Waals surface area contributed by atoms with E-state index in [1.54, 1.807) is 6.07 Å². The van der Waals surface area contributed by atoms with Crippen LogP contribution in [0.15, 0.2) is 53.5 Å². The number of nitrogens with one attached hydrogen (secondary N) is 1. The van der Waals surface area contributed by atoms with Crippen molar-refractivity contribution < 1.29 is 14.3 Å². The minimum atomic E-state index is -0.325. The molecule has 5 heteroatoms. The van der Waals surface area contributed by atoms with E-state index < -0.39 is 0 Å². The van der Waals surface area contributed by atoms with Gasteiger partial charge in [-0.15, -0.1) is 0 Å². The lowest BCUT2D eigenvalue weighted by Crippen LogP contribution is -2.45. The lowest BCUT2D eigenvalue weighted by Gasteiger charge is -2.42. The van der Waals surface area contributed by atoms with Gasteiger partial charge in [0.25, 0.3) is 0 Å². The molecule has 1 spiro atoms. The minimum Gasteiger partial charge on any atom is -0.465 e. The number of anilines is 1. The van der Waals surface area contributed by atoms with Crippen molar-refractivity contribution in [3.63, 3.8) is 0 Å². The first-order chi connectivity index (χ1) is 13.2. The molecule has 1 saturated heterocycles. The van der Waals surface area contributed by atoms with Gasteiger partial charge in [0.2, 0.25) is 0 Å². The molecule has 5 nitrogen and oxygen atoms in total. The molecule has 0 saturated carbocycles. The van der Waals surface area contributed by atoms with Crippen LogP contribution in [0.1, 0.15) is 34.3 Å². The molecular weight excluding hydrogens is 340 g/mol. The molecule has 2 aromatic carbocycles. The van der Waals surface area contributed by atoms with E-state index >= 15 is 0 Å². The van der Waals surface area contributed by atoms with E-state index in [9.17, 15) is 4.79 Å². The van der Waals surface area contributed by atoms with Gasteiger partial charge in [0.05, 0.1) is 19.2 Å². The summed E-state index contributed by atoms with van der Waals surface area (Å²) in [5, 5.41) is 3.57. The maximum absolute atomic E-state index is 12.0. The van der Waals surface area contributed by atoms with Crippen LogP contribution in [0.3, 0.4) is 0 Å². The monoisotopic (exact) mass is 364 g/mol. The maximum Gasteiger partial charge on any atom is 0.338 e. The Morgan fingerprint density at radius 3 is 2.70 bits per heavy atom. The highest BCUT2D eigenvalue weighted by molar-refractivity contribution is 6.02. The highest BCUT2D eigenvalue weighted by Crippen LogP contribution is 2.41. The zero-order chi connectivity index (χ0) is 18.7. The van der Waals surface area contributed by atoms with Gasteiger partial charge < -0.3 is 14.8 Å². The fourth-order valence-electron chi connectivity index (χ4n) is 4.02. The van der Waals surface area contributed by atoms with Crippen molar-refractivity contribution in [3.05, 3.63) is 65.2 Å². The summed E-state index contributed by atoms with van der Waals surface area (Å²) < 4.78 is 10.5. The predicted molar refractivity (Wildman–Crippen MR) is 105 cm³/mol. The van der Waals surface area contributed by atoms with Crippen LogP contribution in [0.2, 0.25) is 0 Å². The number of hydrogen-bond acceptors (Lipinski definition) is 4. The van der Waals surface area contributed by atoms with Gasteiger partial charge in [0.15, 0.2) is 0 Å². The average Bonchev–Trinajstić information content (AvgIpc) is 2.72. The van der Waals surface area contributed by atoms with Crippen LogP contribution in [-0.2, 0) is 22.4 Å². The van der Waals surface area contributed by atoms with Crippen molar-refractivity contribution in [2.45, 2.75) is 25.8 Å². The van der Waals surface area contributed by atoms with Gasteiger partial charge in [0.1, 0.15) is 5.84 Å². The van der Waals surface area contributed by atoms with Crippen LogP contribution in [0, 0.1) is 5.41 Å². The fourth-order valence-corrected chi connectivity index (χ4v) is 4.02. The zero-order valence-corrected chi connectivity index (χ0v) is 15.5. The molecule has 0 radical (unpaired) electrons. The molecule has 140 valence electrons. The van der Waals surface area contributed by atoms with E-state index in [-0.39, 0.29) is 11.4 Å². The van der Waals surface area contributed by atoms with Crippen molar-refractivity contribution in [1.82, 2.24) is 0 Å². The number of fused-ring (bicyclic) bond motifs is 1. The zero-order valence-electron chi connectivity index (χ0n) is 15.5. The number of amidine groups is 1. The van der Waals surface area contributed by atoms with Crippen molar-refractivity contribution in [1.29, 1.82) is 0 Å². The smallest absolute Gasteiger partial charge is 0.338 e. The lowest BCUT2D eigenvalue weighted by atomic mass is 9.71. The molecule has 27 heavy (non-hydrogen) atoms. The molecule has 2 aromatic rings. The van der Waals surface area contributed by atoms with E-state index in [1.165, 1.54) is 12.7 Å². The number of methoxy groups -OCH3 is 1. The Morgan fingerprint density at radius 1 is 1.15 bits per heavy atom. The number of aliphatic imine (C=N–C) groups is 1. The number of para-hydroxylation sites is 1. The maximum atomic E-state index is 12.0. The van der Waals surface area contributed by atoms with Gasteiger partial charge in [0, 0.05) is 24.3 Å². The van der Waals surface area contributed by atoms with Crippen LogP contribution >= 0.6 is 0 Å². The first kappa shape index (κ1) is 17.7. The van der Waals surface area contributed by atoms with E-state index in [0.717, 1.165) is 49.6 Å². The fraction of sp³-hybridized carbons (Fsp3) is 0.364. The Bertz CT molecular complexity index is 869. The van der Waals surface area contributed by atoms with Gasteiger partial charge >= 0.3 is 5.97 Å². The lowest BCUT2D eigenvalue weighted by molar-refractivity contribution is 0.0448.